The van der Waals surface area contributed by atoms with Gasteiger partial charge in [-0.25, -0.2) is 0 Å². The zero-order valence-electron chi connectivity index (χ0n) is 10.6. The maximum Gasteiger partial charge on any atom is 0.0658 e. The molecule has 0 aromatic heterocycles. The second-order valence-electron chi connectivity index (χ2n) is 7.08. The van der Waals surface area contributed by atoms with Crippen LogP contribution in [0.2, 0.25) is 0 Å². The summed E-state index contributed by atoms with van der Waals surface area (Å²) in [7, 11) is 2.06. The predicted molar refractivity (Wildman–Crippen MR) is 65.2 cm³/mol. The predicted octanol–water partition coefficient (Wildman–Crippen LogP) is 2.32. The maximum absolute atomic E-state index is 10.6. The number of aliphatic hydroxyl groups is 1. The van der Waals surface area contributed by atoms with Gasteiger partial charge in [0.2, 0.25) is 0 Å². The maximum atomic E-state index is 10.6. The van der Waals surface area contributed by atoms with Crippen LogP contribution in [-0.4, -0.2) is 23.8 Å². The smallest absolute Gasteiger partial charge is 0.0658 e. The molecule has 4 fully saturated rings. The van der Waals surface area contributed by atoms with Crippen molar-refractivity contribution in [1.82, 2.24) is 5.32 Å². The van der Waals surface area contributed by atoms with Crippen molar-refractivity contribution in [3.63, 3.8) is 0 Å². The Morgan fingerprint density at radius 1 is 1.25 bits per heavy atom. The van der Waals surface area contributed by atoms with E-state index in [1.54, 1.807) is 0 Å². The lowest BCUT2D eigenvalue weighted by atomic mass is 9.47. The van der Waals surface area contributed by atoms with E-state index in [0.29, 0.717) is 11.5 Å². The van der Waals surface area contributed by atoms with Gasteiger partial charge in [0.05, 0.1) is 5.60 Å². The van der Waals surface area contributed by atoms with Crippen molar-refractivity contribution in [1.29, 1.82) is 0 Å². The fourth-order valence-corrected chi connectivity index (χ4v) is 5.39. The minimum Gasteiger partial charge on any atom is -0.390 e. The minimum atomic E-state index is -0.280. The van der Waals surface area contributed by atoms with E-state index in [-0.39, 0.29) is 5.60 Å². The number of hydrogen-bond donors (Lipinski definition) is 2. The Morgan fingerprint density at radius 3 is 2.38 bits per heavy atom. The summed E-state index contributed by atoms with van der Waals surface area (Å²) in [5.41, 5.74) is 0.193. The van der Waals surface area contributed by atoms with Crippen LogP contribution >= 0.6 is 0 Å². The molecule has 5 atom stereocenters. The van der Waals surface area contributed by atoms with Crippen LogP contribution in [0.15, 0.2) is 0 Å². The average Bonchev–Trinajstić information content (AvgIpc) is 2.12. The van der Waals surface area contributed by atoms with Gasteiger partial charge >= 0.3 is 0 Å². The first-order valence-electron chi connectivity index (χ1n) is 6.92. The molecule has 0 saturated heterocycles. The molecule has 0 amide bonds. The van der Waals surface area contributed by atoms with Gasteiger partial charge in [0, 0.05) is 6.04 Å². The Morgan fingerprint density at radius 2 is 1.88 bits per heavy atom. The molecule has 2 N–H and O–H groups in total. The van der Waals surface area contributed by atoms with Crippen molar-refractivity contribution in [3.05, 3.63) is 0 Å². The van der Waals surface area contributed by atoms with E-state index in [1.807, 2.05) is 0 Å². The molecule has 0 radical (unpaired) electrons. The van der Waals surface area contributed by atoms with Crippen LogP contribution in [0.1, 0.15) is 51.9 Å². The summed E-state index contributed by atoms with van der Waals surface area (Å²) in [5.74, 6) is 1.66. The summed E-state index contributed by atoms with van der Waals surface area (Å²) >= 11 is 0. The Balaban J connectivity index is 1.81. The molecule has 4 rings (SSSR count). The van der Waals surface area contributed by atoms with Gasteiger partial charge in [0.15, 0.2) is 0 Å². The molecular weight excluding hydrogens is 198 g/mol. The summed E-state index contributed by atoms with van der Waals surface area (Å²) in [4.78, 5) is 0. The van der Waals surface area contributed by atoms with E-state index in [9.17, 15) is 5.11 Å². The number of nitrogens with one attached hydrogen (secondary N) is 1. The molecule has 0 aromatic rings. The Hall–Kier alpha value is -0.0800. The third kappa shape index (κ3) is 1.70. The van der Waals surface area contributed by atoms with Crippen LogP contribution < -0.4 is 5.32 Å². The molecular formula is C14H25NO. The van der Waals surface area contributed by atoms with Crippen molar-refractivity contribution in [2.45, 2.75) is 63.5 Å². The first-order chi connectivity index (χ1) is 7.53. The molecule has 0 aromatic carbocycles. The van der Waals surface area contributed by atoms with Gasteiger partial charge in [-0.15, -0.1) is 0 Å². The van der Waals surface area contributed by atoms with Crippen LogP contribution in [0.25, 0.3) is 0 Å². The second-order valence-corrected chi connectivity index (χ2v) is 7.08. The van der Waals surface area contributed by atoms with E-state index >= 15 is 0 Å². The zero-order valence-corrected chi connectivity index (χ0v) is 10.6. The lowest BCUT2D eigenvalue weighted by Crippen LogP contribution is -2.56. The monoisotopic (exact) mass is 223 g/mol. The van der Waals surface area contributed by atoms with Gasteiger partial charge in [0.1, 0.15) is 0 Å². The fraction of sp³-hybridized carbons (Fsp3) is 1.00. The summed E-state index contributed by atoms with van der Waals surface area (Å²) in [5, 5.41) is 14.0. The van der Waals surface area contributed by atoms with Gasteiger partial charge in [-0.1, -0.05) is 0 Å². The summed E-state index contributed by atoms with van der Waals surface area (Å²) in [6.07, 6.45) is 8.71. The highest BCUT2D eigenvalue weighted by Crippen LogP contribution is 2.63. The molecule has 3 unspecified atom stereocenters. The molecule has 4 aliphatic rings. The average molecular weight is 223 g/mol. The third-order valence-electron chi connectivity index (χ3n) is 5.38. The van der Waals surface area contributed by atoms with Gasteiger partial charge in [-0.2, -0.15) is 0 Å². The normalized spacial score (nSPS) is 51.9. The van der Waals surface area contributed by atoms with Crippen molar-refractivity contribution in [2.75, 3.05) is 7.05 Å². The highest BCUT2D eigenvalue weighted by molar-refractivity contribution is 5.08. The van der Waals surface area contributed by atoms with Crippen molar-refractivity contribution >= 4 is 0 Å². The largest absolute Gasteiger partial charge is 0.390 e. The molecule has 4 bridgehead atoms. The SMILES string of the molecule is CNC(C)CC12C[C@@H]3C[C@@H](CC(O)(C3)C1)C2. The standard InChI is InChI=1S/C14H25NO/c1-10(15-2)4-13-5-11-3-12(6-13)8-14(16,7-11)9-13/h10-12,15-16H,3-9H2,1-2H3/t10?,11-,12+,13?,14?. The fourth-order valence-electron chi connectivity index (χ4n) is 5.39. The first-order valence-corrected chi connectivity index (χ1v) is 6.92. The Labute approximate surface area is 98.8 Å². The van der Waals surface area contributed by atoms with Gasteiger partial charge in [-0.3, -0.25) is 0 Å². The molecule has 0 aliphatic heterocycles. The molecule has 92 valence electrons. The quantitative estimate of drug-likeness (QED) is 0.769. The molecule has 16 heavy (non-hydrogen) atoms. The summed E-state index contributed by atoms with van der Waals surface area (Å²) < 4.78 is 0. The van der Waals surface area contributed by atoms with Crippen molar-refractivity contribution < 1.29 is 5.11 Å². The van der Waals surface area contributed by atoms with Crippen LogP contribution in [0.5, 0.6) is 0 Å². The van der Waals surface area contributed by atoms with E-state index in [4.69, 9.17) is 0 Å². The van der Waals surface area contributed by atoms with Gasteiger partial charge in [-0.05, 0) is 76.2 Å². The lowest BCUT2D eigenvalue weighted by Gasteiger charge is -2.61. The number of rotatable bonds is 3. The summed E-state index contributed by atoms with van der Waals surface area (Å²) in [6.45, 7) is 2.28. The first kappa shape index (κ1) is 11.0. The molecule has 4 saturated carbocycles. The third-order valence-corrected chi connectivity index (χ3v) is 5.38. The van der Waals surface area contributed by atoms with Crippen molar-refractivity contribution in [2.24, 2.45) is 17.3 Å². The molecule has 2 heteroatoms. The van der Waals surface area contributed by atoms with Crippen LogP contribution in [0.3, 0.4) is 0 Å². The highest BCUT2D eigenvalue weighted by Gasteiger charge is 2.56. The topological polar surface area (TPSA) is 32.3 Å². The number of hydrogen-bond acceptors (Lipinski definition) is 2. The van der Waals surface area contributed by atoms with E-state index in [2.05, 4.69) is 19.3 Å². The van der Waals surface area contributed by atoms with Crippen molar-refractivity contribution in [3.8, 4) is 0 Å². The Kier molecular flexibility index (Phi) is 2.38. The zero-order chi connectivity index (χ0) is 11.4. The van der Waals surface area contributed by atoms with Gasteiger partial charge < -0.3 is 10.4 Å². The highest BCUT2D eigenvalue weighted by atomic mass is 16.3. The summed E-state index contributed by atoms with van der Waals surface area (Å²) in [6, 6.07) is 0.597. The van der Waals surface area contributed by atoms with Crippen LogP contribution in [-0.2, 0) is 0 Å². The second kappa shape index (κ2) is 3.46. The van der Waals surface area contributed by atoms with Crippen LogP contribution in [0.4, 0.5) is 0 Å². The van der Waals surface area contributed by atoms with Crippen LogP contribution in [0, 0.1) is 17.3 Å². The molecule has 0 heterocycles. The lowest BCUT2D eigenvalue weighted by molar-refractivity contribution is -0.167. The van der Waals surface area contributed by atoms with E-state index < -0.39 is 0 Å². The molecule has 2 nitrogen and oxygen atoms in total. The molecule has 4 aliphatic carbocycles. The Bertz CT molecular complexity index is 274. The minimum absolute atomic E-state index is 0.280. The molecule has 0 spiro atoms. The van der Waals surface area contributed by atoms with E-state index in [1.165, 1.54) is 25.7 Å². The van der Waals surface area contributed by atoms with Gasteiger partial charge in [0.25, 0.3) is 0 Å². The van der Waals surface area contributed by atoms with E-state index in [0.717, 1.165) is 31.1 Å².